The van der Waals surface area contributed by atoms with Crippen LogP contribution in [-0.2, 0) is 4.79 Å². The Morgan fingerprint density at radius 3 is 2.81 bits per heavy atom. The van der Waals surface area contributed by atoms with E-state index in [9.17, 15) is 4.79 Å². The molecular formula is C17H24N2O2. The third-order valence-electron chi connectivity index (χ3n) is 4.59. The third kappa shape index (κ3) is 3.63. The van der Waals surface area contributed by atoms with E-state index in [4.69, 9.17) is 10.5 Å². The van der Waals surface area contributed by atoms with Crippen LogP contribution in [0.1, 0.15) is 37.2 Å². The Balaban J connectivity index is 1.56. The number of ether oxygens (including phenoxy) is 1. The summed E-state index contributed by atoms with van der Waals surface area (Å²) in [4.78, 5) is 14.6. The Labute approximate surface area is 126 Å². The van der Waals surface area contributed by atoms with Crippen molar-refractivity contribution in [2.75, 3.05) is 26.2 Å². The molecule has 0 aromatic heterocycles. The van der Waals surface area contributed by atoms with Crippen molar-refractivity contribution < 1.29 is 9.53 Å². The van der Waals surface area contributed by atoms with E-state index in [-0.39, 0.29) is 0 Å². The number of ketones is 1. The highest BCUT2D eigenvalue weighted by molar-refractivity contribution is 5.81. The summed E-state index contributed by atoms with van der Waals surface area (Å²) < 4.78 is 5.66. The van der Waals surface area contributed by atoms with Crippen LogP contribution in [0.25, 0.3) is 0 Å². The number of hydrogen-bond donors (Lipinski definition) is 1. The lowest BCUT2D eigenvalue weighted by Crippen LogP contribution is -2.42. The molecule has 114 valence electrons. The first kappa shape index (κ1) is 14.5. The van der Waals surface area contributed by atoms with Crippen LogP contribution in [0.3, 0.4) is 0 Å². The van der Waals surface area contributed by atoms with Gasteiger partial charge < -0.3 is 10.5 Å². The standard InChI is InChI=1S/C17H24N2O2/c18-14-5-8-19(9-6-14)12-15(20)11-13-7-10-21-17-4-2-1-3-16(13)17/h1-4,13-14H,5-12,18H2. The molecule has 4 nitrogen and oxygen atoms in total. The highest BCUT2D eigenvalue weighted by atomic mass is 16.5. The minimum Gasteiger partial charge on any atom is -0.493 e. The Morgan fingerprint density at radius 2 is 2.00 bits per heavy atom. The van der Waals surface area contributed by atoms with Crippen LogP contribution in [0.5, 0.6) is 5.75 Å². The van der Waals surface area contributed by atoms with E-state index in [2.05, 4.69) is 11.0 Å². The van der Waals surface area contributed by atoms with Crippen LogP contribution in [0.4, 0.5) is 0 Å². The smallest absolute Gasteiger partial charge is 0.147 e. The molecule has 2 heterocycles. The highest BCUT2D eigenvalue weighted by Gasteiger charge is 2.25. The molecule has 21 heavy (non-hydrogen) atoms. The first-order chi connectivity index (χ1) is 10.2. The number of para-hydroxylation sites is 1. The number of nitrogens with zero attached hydrogens (tertiary/aromatic N) is 1. The quantitative estimate of drug-likeness (QED) is 0.920. The zero-order chi connectivity index (χ0) is 14.7. The molecule has 3 rings (SSSR count). The lowest BCUT2D eigenvalue weighted by molar-refractivity contribution is -0.121. The van der Waals surface area contributed by atoms with Gasteiger partial charge in [-0.3, -0.25) is 9.69 Å². The van der Waals surface area contributed by atoms with E-state index in [1.54, 1.807) is 0 Å². The fourth-order valence-electron chi connectivity index (χ4n) is 3.33. The highest BCUT2D eigenvalue weighted by Crippen LogP contribution is 2.35. The lowest BCUT2D eigenvalue weighted by atomic mass is 9.88. The van der Waals surface area contributed by atoms with E-state index in [1.807, 2.05) is 18.2 Å². The van der Waals surface area contributed by atoms with Crippen LogP contribution in [0, 0.1) is 0 Å². The van der Waals surface area contributed by atoms with Crippen molar-refractivity contribution >= 4 is 5.78 Å². The van der Waals surface area contributed by atoms with Gasteiger partial charge in [0.25, 0.3) is 0 Å². The summed E-state index contributed by atoms with van der Waals surface area (Å²) in [5, 5.41) is 0. The van der Waals surface area contributed by atoms with Gasteiger partial charge in [-0.2, -0.15) is 0 Å². The average molecular weight is 288 g/mol. The molecule has 1 fully saturated rings. The van der Waals surface area contributed by atoms with Gasteiger partial charge in [-0.1, -0.05) is 18.2 Å². The summed E-state index contributed by atoms with van der Waals surface area (Å²) in [6.45, 7) is 3.20. The Kier molecular flexibility index (Phi) is 4.56. The number of nitrogens with two attached hydrogens (primary N) is 1. The SMILES string of the molecule is NC1CCN(CC(=O)CC2CCOc3ccccc32)CC1. The zero-order valence-electron chi connectivity index (χ0n) is 12.5. The van der Waals surface area contributed by atoms with Crippen molar-refractivity contribution in [3.05, 3.63) is 29.8 Å². The molecule has 1 aromatic rings. The van der Waals surface area contributed by atoms with Gasteiger partial charge in [0.05, 0.1) is 13.2 Å². The summed E-state index contributed by atoms with van der Waals surface area (Å²) in [7, 11) is 0. The van der Waals surface area contributed by atoms with Crippen LogP contribution < -0.4 is 10.5 Å². The molecule has 1 atom stereocenters. The van der Waals surface area contributed by atoms with Crippen LogP contribution in [0.2, 0.25) is 0 Å². The van der Waals surface area contributed by atoms with E-state index in [1.165, 1.54) is 5.56 Å². The predicted molar refractivity (Wildman–Crippen MR) is 82.6 cm³/mol. The van der Waals surface area contributed by atoms with E-state index < -0.39 is 0 Å². The summed E-state index contributed by atoms with van der Waals surface area (Å²) in [6, 6.07) is 8.42. The van der Waals surface area contributed by atoms with E-state index >= 15 is 0 Å². The van der Waals surface area contributed by atoms with Crippen molar-refractivity contribution in [3.8, 4) is 5.75 Å². The molecule has 4 heteroatoms. The number of benzene rings is 1. The molecule has 2 N–H and O–H groups in total. The molecule has 1 saturated heterocycles. The van der Waals surface area contributed by atoms with Crippen molar-refractivity contribution in [1.82, 2.24) is 4.90 Å². The van der Waals surface area contributed by atoms with Crippen LogP contribution >= 0.6 is 0 Å². The normalized spacial score (nSPS) is 23.4. The molecule has 1 aromatic carbocycles. The molecule has 2 aliphatic heterocycles. The van der Waals surface area contributed by atoms with Gasteiger partial charge in [-0.25, -0.2) is 0 Å². The molecule has 0 spiro atoms. The number of Topliss-reactive ketones (excluding diaryl/α,β-unsaturated/α-hetero) is 1. The van der Waals surface area contributed by atoms with Gasteiger partial charge in [0.1, 0.15) is 11.5 Å². The Morgan fingerprint density at radius 1 is 1.24 bits per heavy atom. The predicted octanol–water partition coefficient (Wildman–Crippen LogP) is 1.93. The number of carbonyl (C=O) groups is 1. The van der Waals surface area contributed by atoms with Gasteiger partial charge in [-0.05, 0) is 36.8 Å². The largest absolute Gasteiger partial charge is 0.493 e. The Bertz CT molecular complexity index is 495. The molecule has 0 saturated carbocycles. The number of piperidine rings is 1. The first-order valence-electron chi connectivity index (χ1n) is 7.94. The maximum Gasteiger partial charge on any atom is 0.147 e. The second kappa shape index (κ2) is 6.58. The van der Waals surface area contributed by atoms with Gasteiger partial charge in [-0.15, -0.1) is 0 Å². The average Bonchev–Trinajstić information content (AvgIpc) is 2.50. The number of hydrogen-bond acceptors (Lipinski definition) is 4. The summed E-state index contributed by atoms with van der Waals surface area (Å²) in [6.07, 6.45) is 3.58. The monoisotopic (exact) mass is 288 g/mol. The van der Waals surface area contributed by atoms with Crippen LogP contribution in [0.15, 0.2) is 24.3 Å². The molecule has 0 bridgehead atoms. The molecule has 0 radical (unpaired) electrons. The van der Waals surface area contributed by atoms with Crippen molar-refractivity contribution in [2.24, 2.45) is 5.73 Å². The van der Waals surface area contributed by atoms with Gasteiger partial charge in [0, 0.05) is 25.6 Å². The second-order valence-electron chi connectivity index (χ2n) is 6.23. The second-order valence-corrected chi connectivity index (χ2v) is 6.23. The summed E-state index contributed by atoms with van der Waals surface area (Å²) >= 11 is 0. The zero-order valence-corrected chi connectivity index (χ0v) is 12.5. The fourth-order valence-corrected chi connectivity index (χ4v) is 3.33. The minimum atomic E-state index is 0.314. The summed E-state index contributed by atoms with van der Waals surface area (Å²) in [5.74, 6) is 1.60. The number of fused-ring (bicyclic) bond motifs is 1. The number of rotatable bonds is 4. The van der Waals surface area contributed by atoms with E-state index in [0.29, 0.717) is 37.3 Å². The molecule has 2 aliphatic rings. The fraction of sp³-hybridized carbons (Fsp3) is 0.588. The van der Waals surface area contributed by atoms with Crippen molar-refractivity contribution in [3.63, 3.8) is 0 Å². The molecule has 1 unspecified atom stereocenters. The molecule has 0 amide bonds. The first-order valence-corrected chi connectivity index (χ1v) is 7.94. The van der Waals surface area contributed by atoms with Crippen LogP contribution in [-0.4, -0.2) is 43.0 Å². The molecular weight excluding hydrogens is 264 g/mol. The minimum absolute atomic E-state index is 0.314. The van der Waals surface area contributed by atoms with Crippen molar-refractivity contribution in [2.45, 2.75) is 37.6 Å². The molecule has 0 aliphatic carbocycles. The summed E-state index contributed by atoms with van der Waals surface area (Å²) in [5.41, 5.74) is 7.10. The van der Waals surface area contributed by atoms with Gasteiger partial charge in [0.2, 0.25) is 0 Å². The third-order valence-corrected chi connectivity index (χ3v) is 4.59. The Hall–Kier alpha value is -1.39. The van der Waals surface area contributed by atoms with E-state index in [0.717, 1.165) is 38.1 Å². The topological polar surface area (TPSA) is 55.6 Å². The number of likely N-dealkylation sites (tertiary alicyclic amines) is 1. The maximum atomic E-state index is 12.4. The maximum absolute atomic E-state index is 12.4. The van der Waals surface area contributed by atoms with Gasteiger partial charge >= 0.3 is 0 Å². The van der Waals surface area contributed by atoms with Crippen molar-refractivity contribution in [1.29, 1.82) is 0 Å². The lowest BCUT2D eigenvalue weighted by Gasteiger charge is -2.30. The van der Waals surface area contributed by atoms with Gasteiger partial charge in [0.15, 0.2) is 0 Å². The number of carbonyl (C=O) groups excluding carboxylic acids is 1.